The number of amides is 1. The van der Waals surface area contributed by atoms with Gasteiger partial charge in [0.05, 0.1) is 12.8 Å². The van der Waals surface area contributed by atoms with Crippen LogP contribution in [-0.2, 0) is 4.79 Å². The predicted octanol–water partition coefficient (Wildman–Crippen LogP) is 3.39. The maximum Gasteiger partial charge on any atom is 0.277 e. The first-order valence-corrected chi connectivity index (χ1v) is 7.91. The first-order chi connectivity index (χ1) is 11.7. The van der Waals surface area contributed by atoms with E-state index in [9.17, 15) is 4.79 Å². The van der Waals surface area contributed by atoms with Crippen molar-refractivity contribution in [2.45, 2.75) is 19.8 Å². The van der Waals surface area contributed by atoms with Gasteiger partial charge in [-0.3, -0.25) is 4.79 Å². The highest BCUT2D eigenvalue weighted by atomic mass is 16.5. The van der Waals surface area contributed by atoms with Crippen LogP contribution in [0, 0.1) is 0 Å². The molecule has 0 unspecified atom stereocenters. The van der Waals surface area contributed by atoms with E-state index in [-0.39, 0.29) is 12.5 Å². The molecule has 2 aromatic carbocycles. The van der Waals surface area contributed by atoms with Gasteiger partial charge in [-0.05, 0) is 24.1 Å². The normalized spacial score (nSPS) is 11.0. The zero-order valence-electron chi connectivity index (χ0n) is 14.0. The van der Waals surface area contributed by atoms with Gasteiger partial charge in [0.1, 0.15) is 0 Å². The Bertz CT molecular complexity index is 684. The SMILES string of the molecule is CCCC(=NNC(=O)COc1ccccc1OC)c1ccccc1. The molecule has 1 N–H and O–H groups in total. The van der Waals surface area contributed by atoms with Crippen molar-refractivity contribution < 1.29 is 14.3 Å². The minimum atomic E-state index is -0.314. The molecule has 0 bridgehead atoms. The second-order valence-corrected chi connectivity index (χ2v) is 5.15. The minimum Gasteiger partial charge on any atom is -0.493 e. The van der Waals surface area contributed by atoms with Crippen molar-refractivity contribution in [2.24, 2.45) is 5.10 Å². The van der Waals surface area contributed by atoms with Crippen molar-refractivity contribution in [1.29, 1.82) is 0 Å². The molecule has 0 aliphatic heterocycles. The molecule has 0 radical (unpaired) electrons. The third kappa shape index (κ3) is 5.12. The number of hydrazone groups is 1. The fraction of sp³-hybridized carbons (Fsp3) is 0.263. The summed E-state index contributed by atoms with van der Waals surface area (Å²) >= 11 is 0. The number of carbonyl (C=O) groups excluding carboxylic acids is 1. The number of benzene rings is 2. The summed E-state index contributed by atoms with van der Waals surface area (Å²) < 4.78 is 10.7. The Hall–Kier alpha value is -2.82. The maximum absolute atomic E-state index is 12.0. The molecule has 2 aromatic rings. The Labute approximate surface area is 142 Å². The number of para-hydroxylation sites is 2. The number of nitrogens with one attached hydrogen (secondary N) is 1. The van der Waals surface area contributed by atoms with E-state index in [1.54, 1.807) is 19.2 Å². The van der Waals surface area contributed by atoms with Crippen LogP contribution in [0.5, 0.6) is 11.5 Å². The van der Waals surface area contributed by atoms with Crippen LogP contribution in [-0.4, -0.2) is 25.3 Å². The van der Waals surface area contributed by atoms with Crippen LogP contribution >= 0.6 is 0 Å². The molecule has 0 aliphatic rings. The smallest absolute Gasteiger partial charge is 0.277 e. The van der Waals surface area contributed by atoms with E-state index in [0.717, 1.165) is 24.1 Å². The summed E-state index contributed by atoms with van der Waals surface area (Å²) in [5.74, 6) is 0.797. The molecule has 5 heteroatoms. The van der Waals surface area contributed by atoms with Crippen LogP contribution in [0.2, 0.25) is 0 Å². The summed E-state index contributed by atoms with van der Waals surface area (Å²) in [6.45, 7) is 1.95. The zero-order valence-corrected chi connectivity index (χ0v) is 14.0. The lowest BCUT2D eigenvalue weighted by molar-refractivity contribution is -0.123. The Morgan fingerprint density at radius 3 is 2.38 bits per heavy atom. The molecule has 0 saturated heterocycles. The third-order valence-electron chi connectivity index (χ3n) is 3.34. The number of ether oxygens (including phenoxy) is 2. The van der Waals surface area contributed by atoms with Crippen molar-refractivity contribution in [3.05, 3.63) is 60.2 Å². The lowest BCUT2D eigenvalue weighted by Crippen LogP contribution is -2.26. The Morgan fingerprint density at radius 2 is 1.71 bits per heavy atom. The van der Waals surface area contributed by atoms with Crippen LogP contribution in [0.25, 0.3) is 0 Å². The van der Waals surface area contributed by atoms with Gasteiger partial charge in [-0.2, -0.15) is 5.10 Å². The predicted molar refractivity (Wildman–Crippen MR) is 94.5 cm³/mol. The van der Waals surface area contributed by atoms with Crippen molar-refractivity contribution in [3.63, 3.8) is 0 Å². The fourth-order valence-corrected chi connectivity index (χ4v) is 2.18. The average Bonchev–Trinajstić information content (AvgIpc) is 2.64. The molecule has 0 atom stereocenters. The van der Waals surface area contributed by atoms with Crippen LogP contribution in [0.15, 0.2) is 59.7 Å². The molecular formula is C19H22N2O3. The number of hydrogen-bond acceptors (Lipinski definition) is 4. The molecule has 0 heterocycles. The maximum atomic E-state index is 12.0. The van der Waals surface area contributed by atoms with E-state index in [2.05, 4.69) is 17.5 Å². The second-order valence-electron chi connectivity index (χ2n) is 5.15. The number of nitrogens with zero attached hydrogens (tertiary/aromatic N) is 1. The molecule has 2 rings (SSSR count). The topological polar surface area (TPSA) is 59.9 Å². The van der Waals surface area contributed by atoms with E-state index in [0.29, 0.717) is 11.5 Å². The standard InChI is InChI=1S/C19H22N2O3/c1-3-9-16(15-10-5-4-6-11-15)20-21-19(22)14-24-18-13-8-7-12-17(18)23-2/h4-8,10-13H,3,9,14H2,1-2H3,(H,21,22). The van der Waals surface area contributed by atoms with Crippen LogP contribution < -0.4 is 14.9 Å². The fourth-order valence-electron chi connectivity index (χ4n) is 2.18. The first-order valence-electron chi connectivity index (χ1n) is 7.91. The molecular weight excluding hydrogens is 304 g/mol. The van der Waals surface area contributed by atoms with E-state index in [4.69, 9.17) is 9.47 Å². The summed E-state index contributed by atoms with van der Waals surface area (Å²) in [5, 5.41) is 4.24. The van der Waals surface area contributed by atoms with Gasteiger partial charge in [-0.15, -0.1) is 0 Å². The van der Waals surface area contributed by atoms with E-state index in [1.807, 2.05) is 42.5 Å². The van der Waals surface area contributed by atoms with Crippen LogP contribution in [0.4, 0.5) is 0 Å². The molecule has 0 aliphatic carbocycles. The van der Waals surface area contributed by atoms with Crippen molar-refractivity contribution in [1.82, 2.24) is 5.43 Å². The van der Waals surface area contributed by atoms with Crippen LogP contribution in [0.1, 0.15) is 25.3 Å². The van der Waals surface area contributed by atoms with Crippen molar-refractivity contribution in [2.75, 3.05) is 13.7 Å². The number of carbonyl (C=O) groups is 1. The van der Waals surface area contributed by atoms with E-state index in [1.165, 1.54) is 0 Å². The monoisotopic (exact) mass is 326 g/mol. The van der Waals surface area contributed by atoms with Gasteiger partial charge < -0.3 is 9.47 Å². The molecule has 5 nitrogen and oxygen atoms in total. The van der Waals surface area contributed by atoms with Gasteiger partial charge in [0.2, 0.25) is 0 Å². The highest BCUT2D eigenvalue weighted by molar-refractivity contribution is 6.01. The van der Waals surface area contributed by atoms with E-state index >= 15 is 0 Å². The Morgan fingerprint density at radius 1 is 1.04 bits per heavy atom. The number of hydrogen-bond donors (Lipinski definition) is 1. The summed E-state index contributed by atoms with van der Waals surface area (Å²) in [7, 11) is 1.56. The van der Waals surface area contributed by atoms with Gasteiger partial charge in [-0.1, -0.05) is 55.8 Å². The summed E-state index contributed by atoms with van der Waals surface area (Å²) in [6.07, 6.45) is 1.74. The second kappa shape index (κ2) is 9.35. The largest absolute Gasteiger partial charge is 0.493 e. The lowest BCUT2D eigenvalue weighted by Gasteiger charge is -2.10. The van der Waals surface area contributed by atoms with Gasteiger partial charge in [0.15, 0.2) is 18.1 Å². The van der Waals surface area contributed by atoms with Crippen LogP contribution in [0.3, 0.4) is 0 Å². The average molecular weight is 326 g/mol. The molecule has 0 fully saturated rings. The van der Waals surface area contributed by atoms with E-state index < -0.39 is 0 Å². The third-order valence-corrected chi connectivity index (χ3v) is 3.34. The highest BCUT2D eigenvalue weighted by Crippen LogP contribution is 2.25. The number of methoxy groups -OCH3 is 1. The molecule has 126 valence electrons. The molecule has 0 spiro atoms. The molecule has 0 aromatic heterocycles. The quantitative estimate of drug-likeness (QED) is 0.597. The first kappa shape index (κ1) is 17.5. The summed E-state index contributed by atoms with van der Waals surface area (Å²) in [6, 6.07) is 17.0. The molecule has 24 heavy (non-hydrogen) atoms. The van der Waals surface area contributed by atoms with Crippen molar-refractivity contribution in [3.8, 4) is 11.5 Å². The molecule has 1 amide bonds. The summed E-state index contributed by atoms with van der Waals surface area (Å²) in [5.41, 5.74) is 4.41. The Balaban J connectivity index is 1.95. The zero-order chi connectivity index (χ0) is 17.2. The lowest BCUT2D eigenvalue weighted by atomic mass is 10.1. The number of rotatable bonds is 8. The van der Waals surface area contributed by atoms with Gasteiger partial charge in [0, 0.05) is 0 Å². The van der Waals surface area contributed by atoms with Gasteiger partial charge >= 0.3 is 0 Å². The summed E-state index contributed by atoms with van der Waals surface area (Å²) in [4.78, 5) is 12.0. The molecule has 0 saturated carbocycles. The van der Waals surface area contributed by atoms with Gasteiger partial charge in [-0.25, -0.2) is 5.43 Å². The van der Waals surface area contributed by atoms with Gasteiger partial charge in [0.25, 0.3) is 5.91 Å². The van der Waals surface area contributed by atoms with Crippen molar-refractivity contribution >= 4 is 11.6 Å². The highest BCUT2D eigenvalue weighted by Gasteiger charge is 2.07. The Kier molecular flexibility index (Phi) is 6.83. The minimum absolute atomic E-state index is 0.127.